The van der Waals surface area contributed by atoms with Crippen LogP contribution in [0.4, 0.5) is 0 Å². The van der Waals surface area contributed by atoms with Gasteiger partial charge in [0.1, 0.15) is 0 Å². The molecule has 1 heterocycles. The Morgan fingerprint density at radius 1 is 1.23 bits per heavy atom. The van der Waals surface area contributed by atoms with Crippen molar-refractivity contribution in [1.29, 1.82) is 0 Å². The van der Waals surface area contributed by atoms with Crippen molar-refractivity contribution in [2.75, 3.05) is 0 Å². The fraction of sp³-hybridized carbons (Fsp3) is 0.100. The fourth-order valence-electron chi connectivity index (χ4n) is 1.08. The number of alkyl halides is 1. The molecule has 0 aliphatic carbocycles. The van der Waals surface area contributed by atoms with E-state index < -0.39 is 0 Å². The van der Waals surface area contributed by atoms with Crippen LogP contribution in [0.1, 0.15) is 5.69 Å². The third-order valence-electron chi connectivity index (χ3n) is 1.71. The number of benzene rings is 1. The van der Waals surface area contributed by atoms with Crippen LogP contribution in [-0.4, -0.2) is 19.5 Å². The molecule has 0 radical (unpaired) electrons. The first kappa shape index (κ1) is 9.01. The average Bonchev–Trinajstić information content (AvgIpc) is 2.67. The van der Waals surface area contributed by atoms with Crippen molar-refractivity contribution in [2.24, 2.45) is 0 Å². The van der Waals surface area contributed by atoms with E-state index in [1.165, 1.54) is 10.1 Å². The molecular formula is C10H8ClNSe. The van der Waals surface area contributed by atoms with Crippen LogP contribution in [-0.2, 0) is 5.88 Å². The first-order chi connectivity index (χ1) is 6.40. The van der Waals surface area contributed by atoms with E-state index in [9.17, 15) is 0 Å². The summed E-state index contributed by atoms with van der Waals surface area (Å²) in [5.74, 6) is 0.526. The molecule has 13 heavy (non-hydrogen) atoms. The van der Waals surface area contributed by atoms with Gasteiger partial charge in [0.05, 0.1) is 0 Å². The third-order valence-corrected chi connectivity index (χ3v) is 3.96. The van der Waals surface area contributed by atoms with Gasteiger partial charge in [0.25, 0.3) is 0 Å². The van der Waals surface area contributed by atoms with Gasteiger partial charge in [-0.15, -0.1) is 0 Å². The molecule has 0 unspecified atom stereocenters. The van der Waals surface area contributed by atoms with Crippen molar-refractivity contribution in [2.45, 2.75) is 5.88 Å². The predicted molar refractivity (Wildman–Crippen MR) is 56.2 cm³/mol. The summed E-state index contributed by atoms with van der Waals surface area (Å²) < 4.78 is 1.18. The Balaban J connectivity index is 2.36. The normalized spacial score (nSPS) is 10.2. The van der Waals surface area contributed by atoms with Crippen LogP contribution in [0.25, 0.3) is 10.1 Å². The van der Waals surface area contributed by atoms with Gasteiger partial charge in [0.2, 0.25) is 0 Å². The van der Waals surface area contributed by atoms with E-state index >= 15 is 0 Å². The Morgan fingerprint density at radius 3 is 2.62 bits per heavy atom. The molecule has 0 aliphatic rings. The molecule has 0 fully saturated rings. The molecular weight excluding hydrogens is 249 g/mol. The zero-order valence-electron chi connectivity index (χ0n) is 6.90. The van der Waals surface area contributed by atoms with Gasteiger partial charge in [-0.2, -0.15) is 0 Å². The van der Waals surface area contributed by atoms with E-state index in [0.717, 1.165) is 5.69 Å². The van der Waals surface area contributed by atoms with Gasteiger partial charge >= 0.3 is 88.1 Å². The van der Waals surface area contributed by atoms with Crippen molar-refractivity contribution in [1.82, 2.24) is 4.98 Å². The van der Waals surface area contributed by atoms with Crippen molar-refractivity contribution in [3.63, 3.8) is 0 Å². The minimum absolute atomic E-state index is 0.367. The summed E-state index contributed by atoms with van der Waals surface area (Å²) in [7, 11) is 0. The second-order valence-corrected chi connectivity index (χ2v) is 4.71. The summed E-state index contributed by atoms with van der Waals surface area (Å²) in [6.07, 6.45) is 0. The van der Waals surface area contributed by atoms with Gasteiger partial charge in [0.15, 0.2) is 0 Å². The molecule has 0 bridgehead atoms. The second-order valence-electron chi connectivity index (χ2n) is 2.64. The van der Waals surface area contributed by atoms with Crippen molar-refractivity contribution < 1.29 is 0 Å². The van der Waals surface area contributed by atoms with Gasteiger partial charge in [0, 0.05) is 0 Å². The summed E-state index contributed by atoms with van der Waals surface area (Å²) in [5, 5.41) is 0. The molecule has 66 valence electrons. The number of aromatic nitrogens is 1. The zero-order chi connectivity index (χ0) is 9.10. The molecule has 0 N–H and O–H groups in total. The van der Waals surface area contributed by atoms with Crippen LogP contribution < -0.4 is 0 Å². The summed E-state index contributed by atoms with van der Waals surface area (Å²) >= 11 is 6.06. The van der Waals surface area contributed by atoms with E-state index in [1.807, 2.05) is 18.2 Å². The quantitative estimate of drug-likeness (QED) is 0.594. The molecule has 0 amide bonds. The molecule has 1 aromatic carbocycles. The molecule has 0 aliphatic heterocycles. The summed E-state index contributed by atoms with van der Waals surface area (Å²) in [5.41, 5.74) is 2.24. The number of halogens is 1. The summed E-state index contributed by atoms with van der Waals surface area (Å²) in [6, 6.07) is 10.3. The third kappa shape index (κ3) is 2.02. The van der Waals surface area contributed by atoms with Crippen LogP contribution in [0.15, 0.2) is 35.3 Å². The number of hydrogen-bond donors (Lipinski definition) is 0. The average molecular weight is 257 g/mol. The van der Waals surface area contributed by atoms with Crippen LogP contribution >= 0.6 is 11.6 Å². The standard InChI is InChI=1S/C10H8ClNSe/c11-6-9-7-13-10(12-9)8-4-2-1-3-5-8/h1-5,7H,6H2. The number of nitrogens with zero attached hydrogens (tertiary/aromatic N) is 1. The van der Waals surface area contributed by atoms with Gasteiger partial charge in [-0.1, -0.05) is 0 Å². The SMILES string of the molecule is ClCc1c[se]c(-c2ccccc2)n1. The maximum atomic E-state index is 5.70. The van der Waals surface area contributed by atoms with E-state index in [1.54, 1.807) is 0 Å². The number of rotatable bonds is 2. The Kier molecular flexibility index (Phi) is 2.84. The van der Waals surface area contributed by atoms with Gasteiger partial charge in [-0.3, -0.25) is 0 Å². The molecule has 0 saturated heterocycles. The van der Waals surface area contributed by atoms with Gasteiger partial charge < -0.3 is 0 Å². The molecule has 0 spiro atoms. The Bertz CT molecular complexity index is 383. The first-order valence-electron chi connectivity index (χ1n) is 3.96. The Labute approximate surface area is 88.1 Å². The van der Waals surface area contributed by atoms with E-state index in [-0.39, 0.29) is 0 Å². The molecule has 1 aromatic heterocycles. The first-order valence-corrected chi connectivity index (χ1v) is 6.34. The van der Waals surface area contributed by atoms with Crippen LogP contribution in [0.5, 0.6) is 0 Å². The van der Waals surface area contributed by atoms with Crippen molar-refractivity contribution in [3.8, 4) is 10.1 Å². The zero-order valence-corrected chi connectivity index (χ0v) is 9.37. The molecule has 1 nitrogen and oxygen atoms in total. The van der Waals surface area contributed by atoms with Crippen LogP contribution in [0, 0.1) is 0 Å². The minimum atomic E-state index is 0.367. The molecule has 2 aromatic rings. The molecule has 0 atom stereocenters. The monoisotopic (exact) mass is 257 g/mol. The maximum absolute atomic E-state index is 5.70. The van der Waals surface area contributed by atoms with Crippen LogP contribution in [0.3, 0.4) is 0 Å². The van der Waals surface area contributed by atoms with Crippen LogP contribution in [0.2, 0.25) is 0 Å². The fourth-order valence-corrected chi connectivity index (χ4v) is 3.16. The molecule has 3 heteroatoms. The van der Waals surface area contributed by atoms with Gasteiger partial charge in [-0.05, 0) is 0 Å². The van der Waals surface area contributed by atoms with E-state index in [2.05, 4.69) is 22.1 Å². The molecule has 2 rings (SSSR count). The van der Waals surface area contributed by atoms with E-state index in [4.69, 9.17) is 11.6 Å². The molecule has 0 saturated carbocycles. The predicted octanol–water partition coefficient (Wildman–Crippen LogP) is 2.54. The Morgan fingerprint density at radius 2 is 2.00 bits per heavy atom. The topological polar surface area (TPSA) is 12.9 Å². The summed E-state index contributed by atoms with van der Waals surface area (Å²) in [4.78, 5) is 6.59. The second kappa shape index (κ2) is 4.10. The van der Waals surface area contributed by atoms with E-state index in [0.29, 0.717) is 20.4 Å². The number of hydrogen-bond acceptors (Lipinski definition) is 1. The Hall–Kier alpha value is -0.561. The van der Waals surface area contributed by atoms with Crippen molar-refractivity contribution in [3.05, 3.63) is 41.0 Å². The summed E-state index contributed by atoms with van der Waals surface area (Å²) in [6.45, 7) is 0. The van der Waals surface area contributed by atoms with Gasteiger partial charge in [-0.25, -0.2) is 0 Å². The van der Waals surface area contributed by atoms with Crippen molar-refractivity contribution >= 4 is 26.1 Å².